The van der Waals surface area contributed by atoms with Crippen LogP contribution in [0.25, 0.3) is 0 Å². The van der Waals surface area contributed by atoms with Crippen molar-refractivity contribution in [3.63, 3.8) is 0 Å². The molecule has 3 aromatic carbocycles. The Balaban J connectivity index is 1.87. The van der Waals surface area contributed by atoms with Crippen LogP contribution in [0.3, 0.4) is 0 Å². The van der Waals surface area contributed by atoms with Gasteiger partial charge in [0.1, 0.15) is 11.5 Å². The number of ether oxygens (including phenoxy) is 2. The van der Waals surface area contributed by atoms with Crippen LogP contribution in [0.1, 0.15) is 24.5 Å². The average Bonchev–Trinajstić information content (AvgIpc) is 2.67. The first-order valence-electron chi connectivity index (χ1n) is 8.90. The fourth-order valence-corrected chi connectivity index (χ4v) is 3.11. The van der Waals surface area contributed by atoms with Gasteiger partial charge in [-0.1, -0.05) is 60.1 Å². The monoisotopic (exact) mass is 380 g/mol. The highest BCUT2D eigenvalue weighted by molar-refractivity contribution is 6.32. The summed E-state index contributed by atoms with van der Waals surface area (Å²) in [6, 6.07) is 23.1. The molecule has 0 radical (unpaired) electrons. The maximum absolute atomic E-state index is 11.5. The number of benzene rings is 3. The van der Waals surface area contributed by atoms with Crippen molar-refractivity contribution < 1.29 is 14.3 Å². The van der Waals surface area contributed by atoms with Crippen LogP contribution in [0, 0.1) is 0 Å². The number of esters is 1. The number of hydrogen-bond donors (Lipinski definition) is 0. The molecule has 0 aliphatic heterocycles. The van der Waals surface area contributed by atoms with Crippen LogP contribution in [0.2, 0.25) is 5.02 Å². The van der Waals surface area contributed by atoms with Gasteiger partial charge in [-0.15, -0.1) is 0 Å². The second-order valence-electron chi connectivity index (χ2n) is 6.20. The minimum absolute atomic E-state index is 0.368. The summed E-state index contributed by atoms with van der Waals surface area (Å²) in [4.78, 5) is 11.5. The predicted molar refractivity (Wildman–Crippen MR) is 108 cm³/mol. The first-order chi connectivity index (χ1) is 13.1. The standard InChI is InChI=1S/C23H21ClO3/c1-17(25)26-22-16-15-21(24)23(27-19-12-6-3-7-13-19)20(22)14-8-11-18-9-4-2-5-10-18/h2-7,9-10,12-13,15-16H,8,11,14H2,1H3. The number of carbonyl (C=O) groups excluding carboxylic acids is 1. The summed E-state index contributed by atoms with van der Waals surface area (Å²) in [6.07, 6.45) is 2.47. The Bertz CT molecular complexity index is 892. The lowest BCUT2D eigenvalue weighted by atomic mass is 10.0. The summed E-state index contributed by atoms with van der Waals surface area (Å²) in [5, 5.41) is 0.490. The van der Waals surface area contributed by atoms with E-state index < -0.39 is 0 Å². The molecule has 138 valence electrons. The molecule has 3 nitrogen and oxygen atoms in total. The van der Waals surface area contributed by atoms with Gasteiger partial charge in [-0.2, -0.15) is 0 Å². The van der Waals surface area contributed by atoms with Gasteiger partial charge in [0.15, 0.2) is 5.75 Å². The first kappa shape index (κ1) is 19.0. The molecule has 0 aliphatic rings. The Morgan fingerprint density at radius 2 is 1.56 bits per heavy atom. The van der Waals surface area contributed by atoms with E-state index in [0.29, 0.717) is 28.7 Å². The zero-order valence-corrected chi connectivity index (χ0v) is 15.9. The van der Waals surface area contributed by atoms with Gasteiger partial charge in [0.25, 0.3) is 0 Å². The van der Waals surface area contributed by atoms with Crippen molar-refractivity contribution in [2.24, 2.45) is 0 Å². The van der Waals surface area contributed by atoms with Gasteiger partial charge in [0.05, 0.1) is 5.02 Å². The van der Waals surface area contributed by atoms with E-state index in [-0.39, 0.29) is 5.97 Å². The molecule has 0 N–H and O–H groups in total. The van der Waals surface area contributed by atoms with Crippen molar-refractivity contribution in [2.45, 2.75) is 26.2 Å². The van der Waals surface area contributed by atoms with Gasteiger partial charge in [-0.25, -0.2) is 0 Å². The summed E-state index contributed by atoms with van der Waals surface area (Å²) in [6.45, 7) is 1.39. The van der Waals surface area contributed by atoms with Crippen molar-refractivity contribution in [2.75, 3.05) is 0 Å². The number of para-hydroxylation sites is 1. The van der Waals surface area contributed by atoms with Crippen LogP contribution in [-0.4, -0.2) is 5.97 Å². The molecule has 3 aromatic rings. The van der Waals surface area contributed by atoms with E-state index in [1.807, 2.05) is 48.5 Å². The molecule has 0 unspecified atom stereocenters. The van der Waals surface area contributed by atoms with Crippen LogP contribution in [-0.2, 0) is 17.6 Å². The largest absolute Gasteiger partial charge is 0.455 e. The average molecular weight is 381 g/mol. The van der Waals surface area contributed by atoms with E-state index >= 15 is 0 Å². The number of hydrogen-bond acceptors (Lipinski definition) is 3. The van der Waals surface area contributed by atoms with E-state index in [4.69, 9.17) is 21.1 Å². The SMILES string of the molecule is CC(=O)Oc1ccc(Cl)c(Oc2ccccc2)c1CCCc1ccccc1. The molecule has 0 spiro atoms. The summed E-state index contributed by atoms with van der Waals surface area (Å²) >= 11 is 6.42. The normalized spacial score (nSPS) is 10.4. The van der Waals surface area contributed by atoms with E-state index in [2.05, 4.69) is 12.1 Å². The van der Waals surface area contributed by atoms with Gasteiger partial charge >= 0.3 is 5.97 Å². The molecule has 4 heteroatoms. The van der Waals surface area contributed by atoms with Gasteiger partial charge in [0.2, 0.25) is 0 Å². The molecule has 0 saturated carbocycles. The fourth-order valence-electron chi connectivity index (χ4n) is 2.90. The van der Waals surface area contributed by atoms with Crippen molar-refractivity contribution >= 4 is 17.6 Å². The van der Waals surface area contributed by atoms with Gasteiger partial charge in [0, 0.05) is 12.5 Å². The molecular formula is C23H21ClO3. The van der Waals surface area contributed by atoms with Crippen molar-refractivity contribution in [3.05, 3.63) is 88.9 Å². The lowest BCUT2D eigenvalue weighted by molar-refractivity contribution is -0.131. The zero-order valence-electron chi connectivity index (χ0n) is 15.2. The minimum Gasteiger partial charge on any atom is -0.455 e. The molecule has 0 heterocycles. The van der Waals surface area contributed by atoms with Crippen LogP contribution in [0.15, 0.2) is 72.8 Å². The summed E-state index contributed by atoms with van der Waals surface area (Å²) in [5.74, 6) is 1.34. The topological polar surface area (TPSA) is 35.5 Å². The highest BCUT2D eigenvalue weighted by Gasteiger charge is 2.17. The third-order valence-corrected chi connectivity index (χ3v) is 4.42. The Morgan fingerprint density at radius 1 is 0.889 bits per heavy atom. The molecule has 27 heavy (non-hydrogen) atoms. The minimum atomic E-state index is -0.368. The Hall–Kier alpha value is -2.78. The maximum atomic E-state index is 11.5. The smallest absolute Gasteiger partial charge is 0.308 e. The third kappa shape index (κ3) is 5.35. The lowest BCUT2D eigenvalue weighted by Crippen LogP contribution is -2.06. The molecule has 0 aliphatic carbocycles. The van der Waals surface area contributed by atoms with Gasteiger partial charge in [-0.3, -0.25) is 4.79 Å². The highest BCUT2D eigenvalue weighted by atomic mass is 35.5. The van der Waals surface area contributed by atoms with Gasteiger partial charge < -0.3 is 9.47 Å². The molecule has 3 rings (SSSR count). The zero-order chi connectivity index (χ0) is 19.1. The van der Waals surface area contributed by atoms with Crippen molar-refractivity contribution in [1.29, 1.82) is 0 Å². The van der Waals surface area contributed by atoms with Gasteiger partial charge in [-0.05, 0) is 49.1 Å². The van der Waals surface area contributed by atoms with Crippen LogP contribution >= 0.6 is 11.6 Å². The van der Waals surface area contributed by atoms with Crippen molar-refractivity contribution in [1.82, 2.24) is 0 Å². The number of rotatable bonds is 7. The molecule has 0 bridgehead atoms. The molecule has 0 atom stereocenters. The summed E-state index contributed by atoms with van der Waals surface area (Å²) < 4.78 is 11.4. The summed E-state index contributed by atoms with van der Waals surface area (Å²) in [5.41, 5.74) is 2.07. The number of aryl methyl sites for hydroxylation is 1. The Morgan fingerprint density at radius 3 is 2.22 bits per heavy atom. The highest BCUT2D eigenvalue weighted by Crippen LogP contribution is 2.39. The van der Waals surface area contributed by atoms with Crippen LogP contribution in [0.5, 0.6) is 17.2 Å². The Kier molecular flexibility index (Phi) is 6.50. The molecule has 0 amide bonds. The molecule has 0 aromatic heterocycles. The summed E-state index contributed by atoms with van der Waals surface area (Å²) in [7, 11) is 0. The maximum Gasteiger partial charge on any atom is 0.308 e. The molecule has 0 fully saturated rings. The van der Waals surface area contributed by atoms with E-state index in [1.54, 1.807) is 12.1 Å². The number of carbonyl (C=O) groups is 1. The molecular weight excluding hydrogens is 360 g/mol. The second kappa shape index (κ2) is 9.24. The second-order valence-corrected chi connectivity index (χ2v) is 6.61. The molecule has 0 saturated heterocycles. The van der Waals surface area contributed by atoms with Crippen LogP contribution in [0.4, 0.5) is 0 Å². The van der Waals surface area contributed by atoms with Crippen molar-refractivity contribution in [3.8, 4) is 17.2 Å². The van der Waals surface area contributed by atoms with E-state index in [9.17, 15) is 4.79 Å². The predicted octanol–water partition coefficient (Wildman–Crippen LogP) is 6.23. The number of halogens is 1. The quantitative estimate of drug-likeness (QED) is 0.360. The lowest BCUT2D eigenvalue weighted by Gasteiger charge is -2.16. The Labute approximate surface area is 164 Å². The third-order valence-electron chi connectivity index (χ3n) is 4.12. The first-order valence-corrected chi connectivity index (χ1v) is 9.28. The fraction of sp³-hybridized carbons (Fsp3) is 0.174. The van der Waals surface area contributed by atoms with Crippen LogP contribution < -0.4 is 9.47 Å². The van der Waals surface area contributed by atoms with E-state index in [1.165, 1.54) is 12.5 Å². The van der Waals surface area contributed by atoms with E-state index in [0.717, 1.165) is 18.4 Å².